The van der Waals surface area contributed by atoms with Gasteiger partial charge in [-0.3, -0.25) is 0 Å². The predicted octanol–water partition coefficient (Wildman–Crippen LogP) is 4.15. The van der Waals surface area contributed by atoms with E-state index in [1.54, 1.807) is 0 Å². The molecule has 0 saturated carbocycles. The summed E-state index contributed by atoms with van der Waals surface area (Å²) in [6.07, 6.45) is 1.04. The first-order valence-electron chi connectivity index (χ1n) is 7.68. The first-order valence-corrected chi connectivity index (χ1v) is 7.68. The molecule has 0 spiro atoms. The molecule has 0 radical (unpaired) electrons. The molecule has 2 aromatic carbocycles. The smallest absolute Gasteiger partial charge is 0.120 e. The van der Waals surface area contributed by atoms with Gasteiger partial charge in [-0.2, -0.15) is 0 Å². The Balaban J connectivity index is 1.94. The van der Waals surface area contributed by atoms with Gasteiger partial charge in [0.25, 0.3) is 0 Å². The number of hydrogen-bond acceptors (Lipinski definition) is 2. The van der Waals surface area contributed by atoms with Gasteiger partial charge in [0.15, 0.2) is 0 Å². The average Bonchev–Trinajstić information content (AvgIpc) is 2.54. The molecule has 112 valence electrons. The molecule has 21 heavy (non-hydrogen) atoms. The van der Waals surface area contributed by atoms with Gasteiger partial charge in [-0.25, -0.2) is 0 Å². The zero-order chi connectivity index (χ0) is 15.1. The Hall–Kier alpha value is -1.80. The van der Waals surface area contributed by atoms with Crippen LogP contribution in [0.15, 0.2) is 48.5 Å². The number of likely N-dealkylation sites (N-methyl/N-ethyl adjacent to an activating group) is 1. The molecule has 0 aromatic heterocycles. The van der Waals surface area contributed by atoms with Crippen LogP contribution in [0.2, 0.25) is 0 Å². The van der Waals surface area contributed by atoms with Crippen LogP contribution < -0.4 is 10.1 Å². The van der Waals surface area contributed by atoms with Crippen molar-refractivity contribution in [3.05, 3.63) is 65.2 Å². The maximum absolute atomic E-state index is 5.87. The van der Waals surface area contributed by atoms with Crippen molar-refractivity contribution >= 4 is 0 Å². The highest BCUT2D eigenvalue weighted by Gasteiger charge is 2.04. The van der Waals surface area contributed by atoms with Gasteiger partial charge in [0.2, 0.25) is 0 Å². The number of benzene rings is 2. The molecule has 2 rings (SSSR count). The van der Waals surface area contributed by atoms with Gasteiger partial charge >= 0.3 is 0 Å². The van der Waals surface area contributed by atoms with Crippen molar-refractivity contribution in [1.82, 2.24) is 5.32 Å². The molecule has 0 aliphatic carbocycles. The lowest BCUT2D eigenvalue weighted by molar-refractivity contribution is 0.306. The molecule has 0 aliphatic rings. The van der Waals surface area contributed by atoms with Crippen LogP contribution in [0.25, 0.3) is 0 Å². The van der Waals surface area contributed by atoms with Gasteiger partial charge in [0, 0.05) is 6.54 Å². The number of ether oxygens (including phenoxy) is 1. The molecule has 1 N–H and O–H groups in total. The van der Waals surface area contributed by atoms with E-state index in [2.05, 4.69) is 61.6 Å². The zero-order valence-corrected chi connectivity index (χ0v) is 13.2. The number of rotatable bonds is 7. The van der Waals surface area contributed by atoms with E-state index in [4.69, 9.17) is 4.74 Å². The van der Waals surface area contributed by atoms with Crippen molar-refractivity contribution in [3.63, 3.8) is 0 Å². The number of hydrogen-bond donors (Lipinski definition) is 1. The largest absolute Gasteiger partial charge is 0.489 e. The summed E-state index contributed by atoms with van der Waals surface area (Å²) in [7, 11) is 1.99. The van der Waals surface area contributed by atoms with Gasteiger partial charge in [-0.05, 0) is 48.2 Å². The molecular formula is C19H25NO. The summed E-state index contributed by atoms with van der Waals surface area (Å²) in [5.41, 5.74) is 3.88. The molecule has 1 atom stereocenters. The fourth-order valence-electron chi connectivity index (χ4n) is 2.39. The van der Waals surface area contributed by atoms with Gasteiger partial charge in [-0.1, -0.05) is 50.2 Å². The van der Waals surface area contributed by atoms with E-state index in [-0.39, 0.29) is 0 Å². The quantitative estimate of drug-likeness (QED) is 0.824. The van der Waals surface area contributed by atoms with Crippen LogP contribution >= 0.6 is 0 Å². The number of aryl methyl sites for hydroxylation is 1. The summed E-state index contributed by atoms with van der Waals surface area (Å²) in [6, 6.07) is 17.0. The summed E-state index contributed by atoms with van der Waals surface area (Å²) in [5, 5.41) is 3.21. The second-order valence-corrected chi connectivity index (χ2v) is 5.49. The van der Waals surface area contributed by atoms with Gasteiger partial charge in [0.05, 0.1) is 0 Å². The van der Waals surface area contributed by atoms with E-state index in [9.17, 15) is 0 Å². The van der Waals surface area contributed by atoms with Gasteiger partial charge < -0.3 is 10.1 Å². The molecule has 1 unspecified atom stereocenters. The Kier molecular flexibility index (Phi) is 5.82. The summed E-state index contributed by atoms with van der Waals surface area (Å²) in [4.78, 5) is 0. The molecule has 0 saturated heterocycles. The minimum Gasteiger partial charge on any atom is -0.489 e. The van der Waals surface area contributed by atoms with E-state index in [0.717, 1.165) is 18.7 Å². The third-order valence-corrected chi connectivity index (χ3v) is 3.77. The van der Waals surface area contributed by atoms with Crippen molar-refractivity contribution in [2.45, 2.75) is 32.8 Å². The minimum atomic E-state index is 0.534. The monoisotopic (exact) mass is 283 g/mol. The Morgan fingerprint density at radius 1 is 1.05 bits per heavy atom. The lowest BCUT2D eigenvalue weighted by atomic mass is 10.00. The van der Waals surface area contributed by atoms with E-state index < -0.39 is 0 Å². The third kappa shape index (κ3) is 4.61. The Morgan fingerprint density at radius 3 is 2.48 bits per heavy atom. The average molecular weight is 283 g/mol. The van der Waals surface area contributed by atoms with E-state index in [0.29, 0.717) is 12.5 Å². The molecule has 0 heterocycles. The highest BCUT2D eigenvalue weighted by molar-refractivity contribution is 5.29. The Morgan fingerprint density at radius 2 is 1.81 bits per heavy atom. The summed E-state index contributed by atoms with van der Waals surface area (Å²) < 4.78 is 5.87. The van der Waals surface area contributed by atoms with Gasteiger partial charge in [0.1, 0.15) is 12.4 Å². The molecule has 0 aliphatic heterocycles. The Labute approximate surface area is 128 Å². The fraction of sp³-hybridized carbons (Fsp3) is 0.368. The standard InChI is InChI=1S/C19H25NO/c1-4-16-6-5-7-19(12-16)21-14-17-8-10-18(11-9-17)15(2)13-20-3/h5-12,15,20H,4,13-14H2,1-3H3. The van der Waals surface area contributed by atoms with E-state index in [1.807, 2.05) is 13.1 Å². The predicted molar refractivity (Wildman–Crippen MR) is 88.9 cm³/mol. The van der Waals surface area contributed by atoms with Crippen LogP contribution in [0, 0.1) is 0 Å². The van der Waals surface area contributed by atoms with E-state index >= 15 is 0 Å². The van der Waals surface area contributed by atoms with Crippen LogP contribution in [0.5, 0.6) is 5.75 Å². The highest BCUT2D eigenvalue weighted by atomic mass is 16.5. The van der Waals surface area contributed by atoms with Crippen molar-refractivity contribution in [3.8, 4) is 5.75 Å². The lowest BCUT2D eigenvalue weighted by Gasteiger charge is -2.12. The Bertz CT molecular complexity index is 548. The molecule has 0 amide bonds. The van der Waals surface area contributed by atoms with Crippen molar-refractivity contribution in [2.75, 3.05) is 13.6 Å². The fourth-order valence-corrected chi connectivity index (χ4v) is 2.39. The SMILES string of the molecule is CCc1cccc(OCc2ccc(C(C)CNC)cc2)c1. The highest BCUT2D eigenvalue weighted by Crippen LogP contribution is 2.18. The molecule has 0 bridgehead atoms. The van der Waals surface area contributed by atoms with E-state index in [1.165, 1.54) is 16.7 Å². The topological polar surface area (TPSA) is 21.3 Å². The second kappa shape index (κ2) is 7.84. The molecule has 2 nitrogen and oxygen atoms in total. The second-order valence-electron chi connectivity index (χ2n) is 5.49. The molecule has 2 aromatic rings. The van der Waals surface area contributed by atoms with Crippen molar-refractivity contribution < 1.29 is 4.74 Å². The zero-order valence-electron chi connectivity index (χ0n) is 13.2. The lowest BCUT2D eigenvalue weighted by Crippen LogP contribution is -2.14. The van der Waals surface area contributed by atoms with Crippen LogP contribution in [-0.4, -0.2) is 13.6 Å². The van der Waals surface area contributed by atoms with Crippen molar-refractivity contribution in [1.29, 1.82) is 0 Å². The van der Waals surface area contributed by atoms with Crippen LogP contribution in [0.3, 0.4) is 0 Å². The number of nitrogens with one attached hydrogen (secondary N) is 1. The maximum Gasteiger partial charge on any atom is 0.120 e. The molecule has 2 heteroatoms. The van der Waals surface area contributed by atoms with Gasteiger partial charge in [-0.15, -0.1) is 0 Å². The minimum absolute atomic E-state index is 0.534. The maximum atomic E-state index is 5.87. The summed E-state index contributed by atoms with van der Waals surface area (Å²) >= 11 is 0. The first kappa shape index (κ1) is 15.6. The van der Waals surface area contributed by atoms with Crippen LogP contribution in [0.1, 0.15) is 36.5 Å². The summed E-state index contributed by atoms with van der Waals surface area (Å²) in [5.74, 6) is 1.48. The third-order valence-electron chi connectivity index (χ3n) is 3.77. The van der Waals surface area contributed by atoms with Crippen LogP contribution in [0.4, 0.5) is 0 Å². The normalized spacial score (nSPS) is 12.1. The molecule has 0 fully saturated rings. The summed E-state index contributed by atoms with van der Waals surface area (Å²) in [6.45, 7) is 6.01. The molecular weight excluding hydrogens is 258 g/mol. The van der Waals surface area contributed by atoms with Crippen molar-refractivity contribution in [2.24, 2.45) is 0 Å². The van der Waals surface area contributed by atoms with Crippen LogP contribution in [-0.2, 0) is 13.0 Å². The first-order chi connectivity index (χ1) is 10.2.